The zero-order valence-electron chi connectivity index (χ0n) is 16.2. The van der Waals surface area contributed by atoms with E-state index in [4.69, 9.17) is 5.73 Å². The van der Waals surface area contributed by atoms with E-state index in [2.05, 4.69) is 0 Å². The van der Waals surface area contributed by atoms with E-state index < -0.39 is 23.0 Å². The van der Waals surface area contributed by atoms with Crippen molar-refractivity contribution >= 4 is 5.91 Å². The molecule has 4 saturated carbocycles. The number of fused-ring (bicyclic) bond motifs is 2. The predicted octanol–water partition coefficient (Wildman–Crippen LogP) is 2.39. The van der Waals surface area contributed by atoms with Crippen molar-refractivity contribution in [3.05, 3.63) is 28.8 Å². The number of aliphatic hydroxyl groups excluding tert-OH is 1. The summed E-state index contributed by atoms with van der Waals surface area (Å²) in [5.41, 5.74) is 5.90. The molecule has 28 heavy (non-hydrogen) atoms. The summed E-state index contributed by atoms with van der Waals surface area (Å²) in [6.45, 7) is 0. The third kappa shape index (κ3) is 1.79. The van der Waals surface area contributed by atoms with Crippen LogP contribution in [0, 0.1) is 23.2 Å². The molecule has 4 fully saturated rings. The summed E-state index contributed by atoms with van der Waals surface area (Å²) in [4.78, 5) is 11.8. The van der Waals surface area contributed by atoms with Gasteiger partial charge in [-0.15, -0.1) is 0 Å². The number of hydrogen-bond donors (Lipinski definition) is 4. The maximum Gasteiger partial charge on any atom is 0.252 e. The average Bonchev–Trinajstić information content (AvgIpc) is 3.13. The van der Waals surface area contributed by atoms with Crippen LogP contribution in [0.25, 0.3) is 0 Å². The maximum absolute atomic E-state index is 12.1. The number of benzene rings is 1. The molecule has 5 N–H and O–H groups in total. The van der Waals surface area contributed by atoms with Gasteiger partial charge < -0.3 is 21.1 Å². The van der Waals surface area contributed by atoms with E-state index in [1.165, 1.54) is 25.7 Å². The second kappa shape index (κ2) is 5.11. The number of rotatable bonds is 3. The number of phenols is 1. The van der Waals surface area contributed by atoms with Crippen LogP contribution in [0.15, 0.2) is 12.1 Å². The lowest BCUT2D eigenvalue weighted by Gasteiger charge is -2.53. The van der Waals surface area contributed by atoms with Crippen LogP contribution in [0.1, 0.15) is 72.9 Å². The van der Waals surface area contributed by atoms with Crippen LogP contribution in [-0.4, -0.2) is 32.9 Å². The van der Waals surface area contributed by atoms with E-state index in [0.717, 1.165) is 24.3 Å². The third-order valence-corrected chi connectivity index (χ3v) is 9.41. The third-order valence-electron chi connectivity index (χ3n) is 9.41. The average molecular weight is 383 g/mol. The first kappa shape index (κ1) is 17.3. The van der Waals surface area contributed by atoms with Crippen molar-refractivity contribution in [1.82, 2.24) is 0 Å². The van der Waals surface area contributed by atoms with Crippen LogP contribution < -0.4 is 5.73 Å². The molecule has 6 atom stereocenters. The molecule has 0 aromatic heterocycles. The van der Waals surface area contributed by atoms with Gasteiger partial charge in [-0.25, -0.2) is 0 Å². The smallest absolute Gasteiger partial charge is 0.252 e. The summed E-state index contributed by atoms with van der Waals surface area (Å²) in [7, 11) is 0. The Bertz CT molecular complexity index is 895. The van der Waals surface area contributed by atoms with Crippen LogP contribution in [0.4, 0.5) is 0 Å². The molecule has 5 aliphatic carbocycles. The van der Waals surface area contributed by atoms with E-state index in [1.807, 2.05) is 6.07 Å². The highest BCUT2D eigenvalue weighted by Gasteiger charge is 2.84. The highest BCUT2D eigenvalue weighted by molar-refractivity contribution is 5.96. The molecule has 6 unspecified atom stereocenters. The molecule has 0 saturated heterocycles. The molecule has 0 heterocycles. The SMILES string of the molecule is NC(=O)c1ccc2c(c1O)C13CC(O)CCC1(O)C1C(CC4CCC4)C1(C2)C3. The number of aliphatic hydroxyl groups is 2. The number of hydrogen-bond acceptors (Lipinski definition) is 4. The summed E-state index contributed by atoms with van der Waals surface area (Å²) in [5, 5.41) is 33.7. The lowest BCUT2D eigenvalue weighted by molar-refractivity contribution is -0.107. The maximum atomic E-state index is 12.1. The Labute approximate surface area is 164 Å². The minimum Gasteiger partial charge on any atom is -0.507 e. The van der Waals surface area contributed by atoms with E-state index >= 15 is 0 Å². The number of aromatic hydroxyl groups is 1. The molecule has 6 rings (SSSR count). The molecule has 5 heteroatoms. The normalized spacial score (nSPS) is 45.6. The standard InChI is InChI=1S/C23H29NO4/c24-20(27)15-5-4-13-9-21-11-22(17(13)18(15)26)10-14(25)6-7-23(22,28)19(21)16(21)8-12-2-1-3-12/h4-5,12,14,16,19,25-26,28H,1-3,6-11H2,(H2,24,27). The van der Waals surface area contributed by atoms with Gasteiger partial charge in [0.2, 0.25) is 0 Å². The Morgan fingerprint density at radius 1 is 1.25 bits per heavy atom. The fourth-order valence-electron chi connectivity index (χ4n) is 8.21. The van der Waals surface area contributed by atoms with Gasteiger partial charge in [0, 0.05) is 11.0 Å². The molecule has 1 aromatic rings. The topological polar surface area (TPSA) is 104 Å². The Morgan fingerprint density at radius 2 is 2.04 bits per heavy atom. The molecule has 1 aromatic carbocycles. The van der Waals surface area contributed by atoms with Gasteiger partial charge in [-0.05, 0) is 73.3 Å². The minimum absolute atomic E-state index is 0.0655. The lowest BCUT2D eigenvalue weighted by atomic mass is 9.54. The molecular formula is C23H29NO4. The first-order chi connectivity index (χ1) is 13.3. The Balaban J connectivity index is 1.52. The van der Waals surface area contributed by atoms with E-state index in [0.29, 0.717) is 30.7 Å². The van der Waals surface area contributed by atoms with Gasteiger partial charge in [0.15, 0.2) is 0 Å². The van der Waals surface area contributed by atoms with Crippen molar-refractivity contribution in [3.8, 4) is 5.75 Å². The van der Waals surface area contributed by atoms with E-state index in [1.54, 1.807) is 6.07 Å². The van der Waals surface area contributed by atoms with Gasteiger partial charge in [0.05, 0.1) is 17.3 Å². The molecule has 150 valence electrons. The Kier molecular flexibility index (Phi) is 3.16. The first-order valence-electron chi connectivity index (χ1n) is 10.9. The molecule has 2 spiro atoms. The quantitative estimate of drug-likeness (QED) is 0.643. The number of primary amides is 1. The van der Waals surface area contributed by atoms with Crippen LogP contribution in [0.5, 0.6) is 5.75 Å². The van der Waals surface area contributed by atoms with Crippen LogP contribution >= 0.6 is 0 Å². The Morgan fingerprint density at radius 3 is 2.71 bits per heavy atom. The number of amides is 1. The number of carbonyl (C=O) groups excluding carboxylic acids is 1. The van der Waals surface area contributed by atoms with Crippen molar-refractivity contribution in [2.75, 3.05) is 0 Å². The monoisotopic (exact) mass is 383 g/mol. The molecule has 2 bridgehead atoms. The van der Waals surface area contributed by atoms with Crippen molar-refractivity contribution < 1.29 is 20.1 Å². The minimum atomic E-state index is -0.903. The van der Waals surface area contributed by atoms with Crippen LogP contribution in [0.3, 0.4) is 0 Å². The largest absolute Gasteiger partial charge is 0.507 e. The summed E-state index contributed by atoms with van der Waals surface area (Å²) in [5.74, 6) is 0.894. The number of carbonyl (C=O) groups is 1. The van der Waals surface area contributed by atoms with Crippen molar-refractivity contribution in [2.45, 2.75) is 74.9 Å². The van der Waals surface area contributed by atoms with Gasteiger partial charge in [-0.2, -0.15) is 0 Å². The summed E-state index contributed by atoms with van der Waals surface area (Å²) < 4.78 is 0. The van der Waals surface area contributed by atoms with Gasteiger partial charge >= 0.3 is 0 Å². The molecular weight excluding hydrogens is 354 g/mol. The molecule has 5 nitrogen and oxygen atoms in total. The van der Waals surface area contributed by atoms with Gasteiger partial charge in [0.25, 0.3) is 5.91 Å². The molecule has 0 radical (unpaired) electrons. The highest BCUT2D eigenvalue weighted by Crippen LogP contribution is 2.84. The van der Waals surface area contributed by atoms with Crippen molar-refractivity contribution in [2.24, 2.45) is 28.9 Å². The zero-order valence-corrected chi connectivity index (χ0v) is 16.2. The van der Waals surface area contributed by atoms with Gasteiger partial charge in [-0.1, -0.05) is 25.3 Å². The lowest BCUT2D eigenvalue weighted by Crippen LogP contribution is -2.57. The summed E-state index contributed by atoms with van der Waals surface area (Å²) >= 11 is 0. The predicted molar refractivity (Wildman–Crippen MR) is 103 cm³/mol. The second-order valence-electron chi connectivity index (χ2n) is 10.5. The van der Waals surface area contributed by atoms with Crippen LogP contribution in [0.2, 0.25) is 0 Å². The summed E-state index contributed by atoms with van der Waals surface area (Å²) in [6, 6.07) is 3.56. The fraction of sp³-hybridized carbons (Fsp3) is 0.696. The first-order valence-corrected chi connectivity index (χ1v) is 10.9. The number of nitrogens with two attached hydrogens (primary N) is 1. The van der Waals surface area contributed by atoms with Gasteiger partial charge in [-0.3, -0.25) is 4.79 Å². The molecule has 0 aliphatic heterocycles. The van der Waals surface area contributed by atoms with Crippen molar-refractivity contribution in [1.29, 1.82) is 0 Å². The fourth-order valence-corrected chi connectivity index (χ4v) is 8.21. The zero-order chi connectivity index (χ0) is 19.5. The second-order valence-corrected chi connectivity index (χ2v) is 10.5. The van der Waals surface area contributed by atoms with E-state index in [-0.39, 0.29) is 22.6 Å². The molecule has 1 amide bonds. The Hall–Kier alpha value is -1.59. The van der Waals surface area contributed by atoms with E-state index in [9.17, 15) is 20.1 Å². The van der Waals surface area contributed by atoms with Crippen LogP contribution in [-0.2, 0) is 11.8 Å². The summed E-state index contributed by atoms with van der Waals surface area (Å²) in [6.07, 6.45) is 8.02. The van der Waals surface area contributed by atoms with Crippen molar-refractivity contribution in [3.63, 3.8) is 0 Å². The molecule has 5 aliphatic rings. The van der Waals surface area contributed by atoms with Gasteiger partial charge in [0.1, 0.15) is 5.75 Å². The highest BCUT2D eigenvalue weighted by atomic mass is 16.3.